The van der Waals surface area contributed by atoms with Crippen molar-refractivity contribution in [1.82, 2.24) is 20.2 Å². The maximum atomic E-state index is 12.2. The lowest BCUT2D eigenvalue weighted by atomic mass is 10.2. The summed E-state index contributed by atoms with van der Waals surface area (Å²) in [6.07, 6.45) is 3.99. The Hall–Kier alpha value is -3.58. The summed E-state index contributed by atoms with van der Waals surface area (Å²) in [5, 5.41) is 0. The highest BCUT2D eigenvalue weighted by atomic mass is 32.2. The van der Waals surface area contributed by atoms with Crippen LogP contribution in [0.5, 0.6) is 0 Å². The lowest BCUT2D eigenvalue weighted by Crippen LogP contribution is -2.41. The van der Waals surface area contributed by atoms with E-state index in [4.69, 9.17) is 0 Å². The van der Waals surface area contributed by atoms with Crippen LogP contribution in [0.15, 0.2) is 90.1 Å². The third-order valence-corrected chi connectivity index (χ3v) is 5.29. The SMILES string of the molecule is O=C(NNC(=O)c1ccc(SCc2cn3ccccc3n2)cc1)c1ccccc1. The number of hydrogen-bond donors (Lipinski definition) is 2. The number of benzene rings is 2. The van der Waals surface area contributed by atoms with Crippen LogP contribution in [0.3, 0.4) is 0 Å². The van der Waals surface area contributed by atoms with E-state index in [1.54, 1.807) is 48.2 Å². The van der Waals surface area contributed by atoms with Gasteiger partial charge in [0.25, 0.3) is 11.8 Å². The minimum atomic E-state index is -0.369. The van der Waals surface area contributed by atoms with Crippen molar-refractivity contribution in [2.24, 2.45) is 0 Å². The van der Waals surface area contributed by atoms with Gasteiger partial charge in [0.2, 0.25) is 0 Å². The minimum absolute atomic E-state index is 0.362. The molecule has 0 saturated carbocycles. The fourth-order valence-electron chi connectivity index (χ4n) is 2.76. The van der Waals surface area contributed by atoms with Gasteiger partial charge in [-0.2, -0.15) is 0 Å². The Bertz CT molecular complexity index is 1110. The van der Waals surface area contributed by atoms with E-state index in [1.807, 2.05) is 53.2 Å². The highest BCUT2D eigenvalue weighted by Crippen LogP contribution is 2.23. The first-order valence-electron chi connectivity index (χ1n) is 9.00. The zero-order valence-corrected chi connectivity index (χ0v) is 16.2. The van der Waals surface area contributed by atoms with Crippen molar-refractivity contribution in [2.45, 2.75) is 10.6 Å². The van der Waals surface area contributed by atoms with E-state index in [-0.39, 0.29) is 11.8 Å². The molecule has 4 rings (SSSR count). The summed E-state index contributed by atoms with van der Waals surface area (Å²) in [5.74, 6) is 0.00476. The molecule has 2 heterocycles. The number of nitrogens with zero attached hydrogens (tertiary/aromatic N) is 2. The first-order chi connectivity index (χ1) is 14.2. The normalized spacial score (nSPS) is 10.6. The molecule has 29 heavy (non-hydrogen) atoms. The molecule has 0 atom stereocenters. The van der Waals surface area contributed by atoms with Gasteiger partial charge in [-0.1, -0.05) is 24.3 Å². The average Bonchev–Trinajstić information content (AvgIpc) is 3.20. The first-order valence-corrected chi connectivity index (χ1v) is 9.99. The minimum Gasteiger partial charge on any atom is -0.307 e. The molecule has 2 amide bonds. The van der Waals surface area contributed by atoms with E-state index in [0.717, 1.165) is 22.0 Å². The number of hydrogen-bond acceptors (Lipinski definition) is 4. The van der Waals surface area contributed by atoms with Crippen molar-refractivity contribution < 1.29 is 9.59 Å². The van der Waals surface area contributed by atoms with Crippen LogP contribution in [0.4, 0.5) is 0 Å². The van der Waals surface area contributed by atoms with Gasteiger partial charge >= 0.3 is 0 Å². The molecule has 144 valence electrons. The summed E-state index contributed by atoms with van der Waals surface area (Å²) >= 11 is 1.65. The fraction of sp³-hybridized carbons (Fsp3) is 0.0455. The molecular formula is C22H18N4O2S. The number of carbonyl (C=O) groups excluding carboxylic acids is 2. The number of hydrazine groups is 1. The molecule has 0 aliphatic rings. The van der Waals surface area contributed by atoms with Crippen LogP contribution in [0.1, 0.15) is 26.4 Å². The Morgan fingerprint density at radius 2 is 1.48 bits per heavy atom. The quantitative estimate of drug-likeness (QED) is 0.394. The van der Waals surface area contributed by atoms with Gasteiger partial charge in [0.15, 0.2) is 0 Å². The maximum absolute atomic E-state index is 12.2. The number of amides is 2. The number of rotatable bonds is 5. The number of thioether (sulfide) groups is 1. The maximum Gasteiger partial charge on any atom is 0.269 e. The lowest BCUT2D eigenvalue weighted by molar-refractivity contribution is 0.0846. The second kappa shape index (κ2) is 8.62. The van der Waals surface area contributed by atoms with Gasteiger partial charge in [0.05, 0.1) is 5.69 Å². The predicted molar refractivity (Wildman–Crippen MR) is 113 cm³/mol. The van der Waals surface area contributed by atoms with Gasteiger partial charge in [0, 0.05) is 34.2 Å². The molecule has 0 bridgehead atoms. The second-order valence-electron chi connectivity index (χ2n) is 6.29. The van der Waals surface area contributed by atoms with Crippen LogP contribution in [0, 0.1) is 0 Å². The molecule has 0 aliphatic heterocycles. The van der Waals surface area contributed by atoms with Crippen molar-refractivity contribution in [3.05, 3.63) is 102 Å². The van der Waals surface area contributed by atoms with E-state index >= 15 is 0 Å². The summed E-state index contributed by atoms with van der Waals surface area (Å²) in [7, 11) is 0. The molecule has 4 aromatic rings. The largest absolute Gasteiger partial charge is 0.307 e. The molecule has 6 nitrogen and oxygen atoms in total. The number of nitrogens with one attached hydrogen (secondary N) is 2. The van der Waals surface area contributed by atoms with Crippen molar-refractivity contribution in [2.75, 3.05) is 0 Å². The summed E-state index contributed by atoms with van der Waals surface area (Å²) in [5.41, 5.74) is 7.71. The fourth-order valence-corrected chi connectivity index (χ4v) is 3.55. The van der Waals surface area contributed by atoms with Crippen molar-refractivity contribution in [1.29, 1.82) is 0 Å². The topological polar surface area (TPSA) is 75.5 Å². The number of carbonyl (C=O) groups is 2. The van der Waals surface area contributed by atoms with E-state index in [2.05, 4.69) is 15.8 Å². The monoisotopic (exact) mass is 402 g/mol. The zero-order valence-electron chi connectivity index (χ0n) is 15.4. The molecular weight excluding hydrogens is 384 g/mol. The van der Waals surface area contributed by atoms with E-state index < -0.39 is 0 Å². The van der Waals surface area contributed by atoms with Crippen molar-refractivity contribution in [3.8, 4) is 0 Å². The van der Waals surface area contributed by atoms with Gasteiger partial charge in [-0.05, 0) is 48.5 Å². The third-order valence-electron chi connectivity index (χ3n) is 4.24. The average molecular weight is 402 g/mol. The molecule has 0 unspecified atom stereocenters. The van der Waals surface area contributed by atoms with Gasteiger partial charge in [0.1, 0.15) is 5.65 Å². The zero-order chi connectivity index (χ0) is 20.1. The van der Waals surface area contributed by atoms with Crippen molar-refractivity contribution in [3.63, 3.8) is 0 Å². The van der Waals surface area contributed by atoms with Crippen molar-refractivity contribution >= 4 is 29.2 Å². The number of pyridine rings is 1. The number of imidazole rings is 1. The second-order valence-corrected chi connectivity index (χ2v) is 7.33. The highest BCUT2D eigenvalue weighted by molar-refractivity contribution is 7.98. The Balaban J connectivity index is 1.31. The molecule has 2 aromatic carbocycles. The van der Waals surface area contributed by atoms with E-state index in [9.17, 15) is 9.59 Å². The molecule has 0 fully saturated rings. The Kier molecular flexibility index (Phi) is 5.58. The van der Waals surface area contributed by atoms with Crippen LogP contribution in [0.25, 0.3) is 5.65 Å². The summed E-state index contributed by atoms with van der Waals surface area (Å²) in [6, 6.07) is 21.8. The van der Waals surface area contributed by atoms with Crippen LogP contribution in [-0.2, 0) is 5.75 Å². The van der Waals surface area contributed by atoms with Gasteiger partial charge in [-0.15, -0.1) is 11.8 Å². The molecule has 0 saturated heterocycles. The van der Waals surface area contributed by atoms with Gasteiger partial charge < -0.3 is 4.40 Å². The smallest absolute Gasteiger partial charge is 0.269 e. The lowest BCUT2D eigenvalue weighted by Gasteiger charge is -2.08. The Morgan fingerprint density at radius 1 is 0.828 bits per heavy atom. The van der Waals surface area contributed by atoms with Crippen LogP contribution in [0.2, 0.25) is 0 Å². The van der Waals surface area contributed by atoms with Crippen LogP contribution >= 0.6 is 11.8 Å². The number of fused-ring (bicyclic) bond motifs is 1. The molecule has 2 N–H and O–H groups in total. The Labute approximate surface area is 171 Å². The summed E-state index contributed by atoms with van der Waals surface area (Å²) in [6.45, 7) is 0. The molecule has 7 heteroatoms. The summed E-state index contributed by atoms with van der Waals surface area (Å²) < 4.78 is 1.99. The first kappa shape index (κ1) is 18.8. The van der Waals surface area contributed by atoms with Gasteiger partial charge in [-0.3, -0.25) is 20.4 Å². The molecule has 0 radical (unpaired) electrons. The Morgan fingerprint density at radius 3 is 2.17 bits per heavy atom. The predicted octanol–water partition coefficient (Wildman–Crippen LogP) is 3.70. The van der Waals surface area contributed by atoms with Gasteiger partial charge in [-0.25, -0.2) is 4.98 Å². The van der Waals surface area contributed by atoms with Crippen LogP contribution < -0.4 is 10.9 Å². The highest BCUT2D eigenvalue weighted by Gasteiger charge is 2.09. The van der Waals surface area contributed by atoms with E-state index in [0.29, 0.717) is 11.1 Å². The molecule has 0 spiro atoms. The van der Waals surface area contributed by atoms with E-state index in [1.165, 1.54) is 0 Å². The molecule has 2 aromatic heterocycles. The third kappa shape index (κ3) is 4.64. The molecule has 0 aliphatic carbocycles. The number of aromatic nitrogens is 2. The van der Waals surface area contributed by atoms with Crippen LogP contribution in [-0.4, -0.2) is 21.2 Å². The standard InChI is InChI=1S/C22H18N4O2S/c27-21(16-6-2-1-3-7-16)24-25-22(28)17-9-11-19(12-10-17)29-15-18-14-26-13-5-4-8-20(26)23-18/h1-14H,15H2,(H,24,27)(H,25,28). The summed E-state index contributed by atoms with van der Waals surface area (Å²) in [4.78, 5) is 29.8.